The van der Waals surface area contributed by atoms with Crippen LogP contribution in [0.3, 0.4) is 0 Å². The van der Waals surface area contributed by atoms with Gasteiger partial charge in [0.25, 0.3) is 17.7 Å². The van der Waals surface area contributed by atoms with E-state index in [0.29, 0.717) is 117 Å². The van der Waals surface area contributed by atoms with Gasteiger partial charge < -0.3 is 51.0 Å². The Hall–Kier alpha value is -8.95. The van der Waals surface area contributed by atoms with Crippen LogP contribution in [0.15, 0.2) is 139 Å². The molecule has 0 aromatic heterocycles. The van der Waals surface area contributed by atoms with E-state index in [1.807, 2.05) is 122 Å². The fourth-order valence-corrected chi connectivity index (χ4v) is 18.8. The Kier molecular flexibility index (Phi) is 25.9. The number of sulfonamides is 1. The molecule has 16 atom stereocenters. The van der Waals surface area contributed by atoms with Gasteiger partial charge in [0.2, 0.25) is 21.8 Å². The van der Waals surface area contributed by atoms with Gasteiger partial charge in [0.1, 0.15) is 29.7 Å². The number of benzene rings is 6. The Bertz CT molecular complexity index is 4390. The lowest BCUT2D eigenvalue weighted by molar-refractivity contribution is -0.183. The number of rotatable bonds is 28. The summed E-state index contributed by atoms with van der Waals surface area (Å²) < 4.78 is 37.7. The molecule has 8 aliphatic rings. The van der Waals surface area contributed by atoms with Crippen LogP contribution in [0.5, 0.6) is 11.5 Å². The molecular formula is C84H109N11O14S. The maximum Gasteiger partial charge on any atom is 0.264 e. The second kappa shape index (κ2) is 34.8. The van der Waals surface area contributed by atoms with Crippen molar-refractivity contribution in [2.45, 2.75) is 156 Å². The third-order valence-corrected chi connectivity index (χ3v) is 25.2. The number of para-hydroxylation sites is 2. The number of methoxy groups -OCH3 is 2. The molecule has 0 spiro atoms. The van der Waals surface area contributed by atoms with Gasteiger partial charge in [-0.1, -0.05) is 144 Å². The quantitative estimate of drug-likeness (QED) is 0.0129. The smallest absolute Gasteiger partial charge is 0.264 e. The molecule has 6 aromatic carbocycles. The van der Waals surface area contributed by atoms with Gasteiger partial charge in [-0.15, -0.1) is 0 Å². The van der Waals surface area contributed by atoms with Crippen molar-refractivity contribution in [3.63, 3.8) is 0 Å². The molecule has 5 amide bonds. The number of aliphatic hydroxyl groups is 3. The number of azide groups is 1. The molecular weight excluding hydrogens is 1420 g/mol. The molecule has 8 N–H and O–H groups in total. The van der Waals surface area contributed by atoms with Gasteiger partial charge in [-0.25, -0.2) is 13.1 Å². The number of aliphatic hydroxyl groups excluding tert-OH is 3. The van der Waals surface area contributed by atoms with E-state index in [1.165, 1.54) is 20.0 Å². The molecule has 14 rings (SSSR count). The number of nitrogens with one attached hydrogen (secondary N) is 5. The average molecular weight is 1530 g/mol. The van der Waals surface area contributed by atoms with E-state index in [4.69, 9.17) is 24.7 Å². The number of fused-ring (bicyclic) bond motifs is 4. The van der Waals surface area contributed by atoms with Gasteiger partial charge in [0.05, 0.1) is 65.0 Å². The highest BCUT2D eigenvalue weighted by molar-refractivity contribution is 7.89. The van der Waals surface area contributed by atoms with E-state index in [9.17, 15) is 47.7 Å². The zero-order valence-electron chi connectivity index (χ0n) is 65.3. The van der Waals surface area contributed by atoms with Crippen LogP contribution in [0.25, 0.3) is 32.7 Å². The van der Waals surface area contributed by atoms with Crippen molar-refractivity contribution >= 4 is 45.2 Å². The van der Waals surface area contributed by atoms with E-state index in [0.717, 1.165) is 30.2 Å². The largest absolute Gasteiger partial charge is 0.496 e. The number of anilines is 1. The minimum Gasteiger partial charge on any atom is -0.496 e. The third kappa shape index (κ3) is 18.0. The number of amides is 5. The number of carbonyl (C=O) groups excluding carboxylic acids is 5. The molecule has 0 unspecified atom stereocenters. The summed E-state index contributed by atoms with van der Waals surface area (Å²) in [7, 11) is 2.89. The Morgan fingerprint density at radius 2 is 1.05 bits per heavy atom. The van der Waals surface area contributed by atoms with Gasteiger partial charge in [-0.2, -0.15) is 10.1 Å². The topological polar surface area (TPSA) is 336 Å². The van der Waals surface area contributed by atoms with Crippen LogP contribution in [0.1, 0.15) is 134 Å². The van der Waals surface area contributed by atoms with Crippen LogP contribution in [0, 0.1) is 58.2 Å². The Labute approximate surface area is 646 Å². The first-order chi connectivity index (χ1) is 52.3. The Morgan fingerprint density at radius 3 is 1.44 bits per heavy atom. The zero-order valence-corrected chi connectivity index (χ0v) is 66.2. The normalized spacial score (nSPS) is 26.1. The summed E-state index contributed by atoms with van der Waals surface area (Å²) in [5.41, 5.74) is 17.0. The fraction of sp³-hybridized carbons (Fsp3) is 0.512. The van der Waals surface area contributed by atoms with E-state index < -0.39 is 64.3 Å². The molecule has 8 fully saturated rings. The summed E-state index contributed by atoms with van der Waals surface area (Å²) in [4.78, 5) is 86.3. The molecule has 2 heterocycles. The molecule has 4 bridgehead atoms. The lowest BCUT2D eigenvalue weighted by atomic mass is 9.45. The highest BCUT2D eigenvalue weighted by Crippen LogP contribution is 2.62. The number of hydroxylamine groups is 4. The summed E-state index contributed by atoms with van der Waals surface area (Å²) in [6.45, 7) is 17.5. The minimum absolute atomic E-state index is 0.00404. The van der Waals surface area contributed by atoms with Crippen molar-refractivity contribution in [2.24, 2.45) is 63.3 Å². The molecule has 25 nitrogen and oxygen atoms in total. The molecule has 0 radical (unpaired) electrons. The van der Waals surface area contributed by atoms with Gasteiger partial charge in [-0.05, 0) is 163 Å². The van der Waals surface area contributed by atoms with Crippen LogP contribution in [0.2, 0.25) is 0 Å². The van der Waals surface area contributed by atoms with Crippen LogP contribution >= 0.6 is 0 Å². The highest BCUT2D eigenvalue weighted by atomic mass is 32.2. The molecule has 26 heteroatoms. The van der Waals surface area contributed by atoms with E-state index in [-0.39, 0.29) is 84.3 Å². The molecule has 6 aromatic rings. The zero-order chi connectivity index (χ0) is 79.3. The fourth-order valence-electron chi connectivity index (χ4n) is 18.3. The second-order valence-electron chi connectivity index (χ2n) is 32.3. The van der Waals surface area contributed by atoms with Crippen molar-refractivity contribution in [2.75, 3.05) is 65.7 Å². The van der Waals surface area contributed by atoms with E-state index >= 15 is 0 Å². The van der Waals surface area contributed by atoms with Gasteiger partial charge >= 0.3 is 0 Å². The summed E-state index contributed by atoms with van der Waals surface area (Å²) >= 11 is 0. The second-order valence-corrected chi connectivity index (χ2v) is 34.1. The molecule has 2 aliphatic heterocycles. The van der Waals surface area contributed by atoms with E-state index in [1.54, 1.807) is 66.3 Å². The predicted octanol–water partition coefficient (Wildman–Crippen LogP) is 10.1. The van der Waals surface area contributed by atoms with Crippen LogP contribution < -0.4 is 40.4 Å². The number of nitrogens with zero attached hydrogens (tertiary/aromatic N) is 6. The molecule has 2 saturated heterocycles. The maximum atomic E-state index is 14.3. The highest BCUT2D eigenvalue weighted by Gasteiger charge is 2.59. The van der Waals surface area contributed by atoms with Crippen LogP contribution in [-0.2, 0) is 55.2 Å². The Balaban J connectivity index is 0.000000222. The van der Waals surface area contributed by atoms with Crippen LogP contribution in [-0.4, -0.2) is 173 Å². The molecule has 110 heavy (non-hydrogen) atoms. The lowest BCUT2D eigenvalue weighted by Crippen LogP contribution is -2.62. The van der Waals surface area contributed by atoms with Crippen LogP contribution in [0.4, 0.5) is 5.69 Å². The lowest BCUT2D eigenvalue weighted by Gasteiger charge is -2.62. The van der Waals surface area contributed by atoms with Gasteiger partial charge in [0.15, 0.2) is 0 Å². The Morgan fingerprint density at radius 1 is 0.618 bits per heavy atom. The number of carbonyl (C=O) groups is 5. The molecule has 6 aliphatic carbocycles. The van der Waals surface area contributed by atoms with E-state index in [2.05, 4.69) is 72.8 Å². The SMILES string of the molecule is COc1c(CN2O[C@@H](CN=[N+]=[N-])[C@@H]([C@H](C)O)[C@H]2C(=O)N[C@H]2C[C@H]3C[C@@H]([C@@H]2C)C3(C)C)cccc1-c1cc(C(=O)NS(C)(=O)=O)cc(N(C)C)c1.COc1c(CN2O[C@@H](CO)[C@H]([C@H](C)O)[C@H]2C(=O)N[C@H]2C[C@H]3C[C@@H]([C@@H]2C)C3(C)C)cccc1-c1cc(C(=O)NCCc2ccccc2)cc(C(=O)NCCc2ccccc2)c1. The van der Waals surface area contributed by atoms with Crippen molar-refractivity contribution in [3.05, 3.63) is 183 Å². The third-order valence-electron chi connectivity index (χ3n) is 24.7. The first-order valence-corrected chi connectivity index (χ1v) is 40.2. The standard InChI is InChI=1S/C49H60N4O7.C35H49N7O7S/c1-30-40-26-38(49(40,3)4)27-41(30)52-48(58)44-43(31(2)55)42(29-54)60-53(44)28-34-17-12-18-39(45(34)59-5)35-23-36(46(56)50-21-19-32-13-8-6-9-14-32)25-37(24-35)47(57)51-22-20-33-15-10-7-11-16-33;1-19-27-15-24(35(27,3)4)16-28(19)38-34(45)31-30(20(2)43)29(17-37-40-36)49-42(31)18-21-10-9-11-26(32(21)48-7)22-12-23(14-25(13-22)41(5)6)33(44)39-50(8,46)47/h6-18,23-25,30-31,38,40-44,54-55H,19-22,26-29H2,1-5H3,(H,50,56)(H,51,57)(H,52,58);9-14,19-20,24,27-31,43H,15-18H2,1-8H3,(H,38,45)(H,39,44)/t30-,31-,38+,40-,41-,42-,43-,44-;19-,20-,24+,27-,28-,29-,30+,31-/m00/s1. The predicted molar refractivity (Wildman–Crippen MR) is 420 cm³/mol. The first-order valence-electron chi connectivity index (χ1n) is 38.3. The number of ether oxygens (including phenoxy) is 2. The van der Waals surface area contributed by atoms with Crippen molar-refractivity contribution in [3.8, 4) is 33.8 Å². The number of hydrogen-bond acceptors (Lipinski definition) is 18. The summed E-state index contributed by atoms with van der Waals surface area (Å²) in [5.74, 6) is 0.384. The van der Waals surface area contributed by atoms with Crippen molar-refractivity contribution < 1.29 is 66.9 Å². The van der Waals surface area contributed by atoms with Crippen molar-refractivity contribution in [1.29, 1.82) is 0 Å². The first kappa shape index (κ1) is 82.0. The van der Waals surface area contributed by atoms with Gasteiger partial charge in [-0.3, -0.25) is 33.6 Å². The monoisotopic (exact) mass is 1530 g/mol. The summed E-state index contributed by atoms with van der Waals surface area (Å²) in [6.07, 6.45) is 2.91. The average Bonchev–Trinajstić information content (AvgIpc) is 0.872. The van der Waals surface area contributed by atoms with Crippen molar-refractivity contribution in [1.82, 2.24) is 36.1 Å². The molecule has 590 valence electrons. The minimum atomic E-state index is -3.80. The summed E-state index contributed by atoms with van der Waals surface area (Å²) in [6, 6.07) is 39.3. The maximum absolute atomic E-state index is 14.3. The summed E-state index contributed by atoms with van der Waals surface area (Å²) in [5, 5.41) is 51.9. The molecule has 6 saturated carbocycles. The number of hydrogen-bond donors (Lipinski definition) is 8. The van der Waals surface area contributed by atoms with Gasteiger partial charge in [0, 0.05) is 101 Å².